The predicted molar refractivity (Wildman–Crippen MR) is 71.3 cm³/mol. The third-order valence-electron chi connectivity index (χ3n) is 3.03. The van der Waals surface area contributed by atoms with Crippen LogP contribution in [0.25, 0.3) is 0 Å². The molecular weight excluding hydrogens is 194 g/mol. The maximum Gasteiger partial charge on any atom is 0.0915 e. The lowest BCUT2D eigenvalue weighted by Crippen LogP contribution is -2.20. The first-order chi connectivity index (χ1) is 7.31. The van der Waals surface area contributed by atoms with Gasteiger partial charge < -0.3 is 4.58 Å². The lowest BCUT2D eigenvalue weighted by Gasteiger charge is -2.31. The zero-order valence-corrected chi connectivity index (χ0v) is 11.3. The second-order valence-corrected chi connectivity index (χ2v) is 5.95. The predicted octanol–water partition coefficient (Wildman–Crippen LogP) is 4.02. The molecule has 0 N–H and O–H groups in total. The second-order valence-electron chi connectivity index (χ2n) is 5.95. The third kappa shape index (κ3) is 3.55. The maximum atomic E-state index is 3.98. The second kappa shape index (κ2) is 4.90. The number of rotatable bonds is 3. The highest BCUT2D eigenvalue weighted by molar-refractivity contribution is 5.26. The highest BCUT2D eigenvalue weighted by Gasteiger charge is 2.25. The van der Waals surface area contributed by atoms with Gasteiger partial charge in [-0.2, -0.15) is 0 Å². The van der Waals surface area contributed by atoms with Crippen LogP contribution in [0.3, 0.4) is 0 Å². The Morgan fingerprint density at radius 3 is 2.69 bits per heavy atom. The van der Waals surface area contributed by atoms with Crippen molar-refractivity contribution in [3.8, 4) is 0 Å². The van der Waals surface area contributed by atoms with Gasteiger partial charge in [0.25, 0.3) is 0 Å². The van der Waals surface area contributed by atoms with Gasteiger partial charge in [-0.15, -0.1) is 6.08 Å². The molecule has 0 spiro atoms. The molecule has 1 heteroatoms. The van der Waals surface area contributed by atoms with Crippen molar-refractivity contribution in [1.82, 2.24) is 0 Å². The SMILES string of the molecule is C=[N+]1C=CC(C)C=C(C(C)(C)CC(C)C)[CH-]1. The number of hydrogen-bond donors (Lipinski definition) is 0. The van der Waals surface area contributed by atoms with Crippen LogP contribution in [-0.2, 0) is 0 Å². The first-order valence-electron chi connectivity index (χ1n) is 6.15. The van der Waals surface area contributed by atoms with E-state index < -0.39 is 0 Å². The molecular formula is C15H25N. The van der Waals surface area contributed by atoms with E-state index in [0.29, 0.717) is 11.8 Å². The van der Waals surface area contributed by atoms with E-state index in [2.05, 4.69) is 60.0 Å². The van der Waals surface area contributed by atoms with Gasteiger partial charge in [0.05, 0.1) is 19.5 Å². The first-order valence-corrected chi connectivity index (χ1v) is 6.15. The monoisotopic (exact) mass is 219 g/mol. The molecule has 90 valence electrons. The Labute approximate surface area is 101 Å². The van der Waals surface area contributed by atoms with E-state index in [-0.39, 0.29) is 5.41 Å². The molecule has 1 unspecified atom stereocenters. The Hall–Kier alpha value is -0.980. The van der Waals surface area contributed by atoms with Gasteiger partial charge in [-0.3, -0.25) is 0 Å². The lowest BCUT2D eigenvalue weighted by molar-refractivity contribution is -0.397. The smallest absolute Gasteiger partial charge is 0.0915 e. The topological polar surface area (TPSA) is 3.01 Å². The Bertz CT molecular complexity index is 318. The van der Waals surface area contributed by atoms with E-state index in [1.807, 2.05) is 10.8 Å². The summed E-state index contributed by atoms with van der Waals surface area (Å²) in [5, 5.41) is 0. The Morgan fingerprint density at radius 1 is 1.50 bits per heavy atom. The molecule has 0 radical (unpaired) electrons. The molecule has 0 aliphatic carbocycles. The van der Waals surface area contributed by atoms with Crippen LogP contribution in [0, 0.1) is 23.8 Å². The molecule has 0 amide bonds. The van der Waals surface area contributed by atoms with Gasteiger partial charge in [0, 0.05) is 0 Å². The summed E-state index contributed by atoms with van der Waals surface area (Å²) in [7, 11) is 0. The van der Waals surface area contributed by atoms with Gasteiger partial charge >= 0.3 is 0 Å². The van der Waals surface area contributed by atoms with Gasteiger partial charge in [0.15, 0.2) is 0 Å². The van der Waals surface area contributed by atoms with E-state index in [9.17, 15) is 0 Å². The normalized spacial score (nSPS) is 21.8. The number of nitrogens with zero attached hydrogens (tertiary/aromatic N) is 1. The summed E-state index contributed by atoms with van der Waals surface area (Å²) in [5.41, 5.74) is 1.62. The van der Waals surface area contributed by atoms with Crippen LogP contribution in [0.1, 0.15) is 41.0 Å². The molecule has 0 aromatic carbocycles. The molecule has 1 aliphatic heterocycles. The summed E-state index contributed by atoms with van der Waals surface area (Å²) in [6.07, 6.45) is 7.78. The summed E-state index contributed by atoms with van der Waals surface area (Å²) in [4.78, 5) is 0. The lowest BCUT2D eigenvalue weighted by atomic mass is 9.76. The van der Waals surface area contributed by atoms with Gasteiger partial charge in [-0.1, -0.05) is 46.3 Å². The third-order valence-corrected chi connectivity index (χ3v) is 3.03. The minimum Gasteiger partial charge on any atom is -0.300 e. The summed E-state index contributed by atoms with van der Waals surface area (Å²) in [6, 6.07) is 0. The van der Waals surface area contributed by atoms with Crippen LogP contribution in [0.4, 0.5) is 0 Å². The molecule has 0 saturated heterocycles. The molecule has 1 aliphatic rings. The van der Waals surface area contributed by atoms with Crippen LogP contribution in [0.2, 0.25) is 0 Å². The maximum absolute atomic E-state index is 3.98. The zero-order valence-electron chi connectivity index (χ0n) is 11.3. The minimum absolute atomic E-state index is 0.227. The highest BCUT2D eigenvalue weighted by atomic mass is 15.0. The fourth-order valence-corrected chi connectivity index (χ4v) is 2.39. The van der Waals surface area contributed by atoms with E-state index in [0.717, 1.165) is 0 Å². The average molecular weight is 219 g/mol. The van der Waals surface area contributed by atoms with E-state index >= 15 is 0 Å². The van der Waals surface area contributed by atoms with Crippen LogP contribution >= 0.6 is 0 Å². The quantitative estimate of drug-likeness (QED) is 0.498. The molecule has 0 saturated carbocycles. The van der Waals surface area contributed by atoms with Crippen molar-refractivity contribution >= 4 is 6.72 Å². The first kappa shape index (κ1) is 13.1. The van der Waals surface area contributed by atoms with Crippen molar-refractivity contribution in [2.45, 2.75) is 41.0 Å². The highest BCUT2D eigenvalue weighted by Crippen LogP contribution is 2.36. The molecule has 0 fully saturated rings. The molecule has 16 heavy (non-hydrogen) atoms. The van der Waals surface area contributed by atoms with Crippen molar-refractivity contribution in [2.75, 3.05) is 0 Å². The van der Waals surface area contributed by atoms with Crippen LogP contribution in [0.5, 0.6) is 0 Å². The summed E-state index contributed by atoms with van der Waals surface area (Å²) in [5.74, 6) is 1.21. The fraction of sp³-hybridized carbons (Fsp3) is 0.600. The van der Waals surface area contributed by atoms with Crippen molar-refractivity contribution in [3.63, 3.8) is 0 Å². The van der Waals surface area contributed by atoms with Crippen LogP contribution in [-0.4, -0.2) is 11.3 Å². The van der Waals surface area contributed by atoms with E-state index in [1.54, 1.807) is 0 Å². The Balaban J connectivity index is 2.90. The fourth-order valence-electron chi connectivity index (χ4n) is 2.39. The molecule has 0 aromatic rings. The van der Waals surface area contributed by atoms with Gasteiger partial charge in [-0.25, -0.2) is 0 Å². The van der Waals surface area contributed by atoms with E-state index in [4.69, 9.17) is 0 Å². The van der Waals surface area contributed by atoms with Crippen LogP contribution in [0.15, 0.2) is 23.9 Å². The average Bonchev–Trinajstić information content (AvgIpc) is 2.26. The summed E-state index contributed by atoms with van der Waals surface area (Å²) >= 11 is 0. The minimum atomic E-state index is 0.227. The zero-order chi connectivity index (χ0) is 12.3. The van der Waals surface area contributed by atoms with Crippen molar-refractivity contribution in [1.29, 1.82) is 0 Å². The van der Waals surface area contributed by atoms with Gasteiger partial charge in [-0.05, 0) is 23.7 Å². The molecule has 0 bridgehead atoms. The molecule has 1 atom stereocenters. The summed E-state index contributed by atoms with van der Waals surface area (Å²) in [6.45, 7) is 17.6. The molecule has 1 nitrogen and oxygen atoms in total. The van der Waals surface area contributed by atoms with Crippen molar-refractivity contribution in [2.24, 2.45) is 17.3 Å². The van der Waals surface area contributed by atoms with Gasteiger partial charge in [0.2, 0.25) is 0 Å². The molecule has 0 aromatic heterocycles. The van der Waals surface area contributed by atoms with Crippen molar-refractivity contribution in [3.05, 3.63) is 30.5 Å². The van der Waals surface area contributed by atoms with Crippen LogP contribution < -0.4 is 0 Å². The number of hydrogen-bond acceptors (Lipinski definition) is 0. The van der Waals surface area contributed by atoms with Gasteiger partial charge in [0.1, 0.15) is 0 Å². The standard InChI is InChI=1S/C15H25N/c1-12(2)10-15(4,5)14-9-13(3)7-8-16(6)11-14/h7-9,11-13H,6,10H2,1-5H3. The molecule has 1 heterocycles. The van der Waals surface area contributed by atoms with E-state index in [1.165, 1.54) is 12.0 Å². The molecule has 1 rings (SSSR count). The summed E-state index contributed by atoms with van der Waals surface area (Å²) < 4.78 is 1.91. The van der Waals surface area contributed by atoms with Crippen molar-refractivity contribution < 1.29 is 4.58 Å². The number of allylic oxidation sites excluding steroid dienone is 2. The Morgan fingerprint density at radius 2 is 2.12 bits per heavy atom. The Kier molecular flexibility index (Phi) is 4.01. The largest absolute Gasteiger partial charge is 0.300 e.